The molecule has 0 aliphatic carbocycles. The molecule has 0 atom stereocenters. The lowest BCUT2D eigenvalue weighted by atomic mass is 10.2. The van der Waals surface area contributed by atoms with Crippen molar-refractivity contribution >= 4 is 17.9 Å². The van der Waals surface area contributed by atoms with Gasteiger partial charge in [-0.25, -0.2) is 15.8 Å². The minimum atomic E-state index is -0.0416. The summed E-state index contributed by atoms with van der Waals surface area (Å²) in [5.41, 5.74) is 0.534. The first-order valence-corrected chi connectivity index (χ1v) is 3.89. The first-order chi connectivity index (χ1) is 6.65. The second-order valence-electron chi connectivity index (χ2n) is 2.63. The molecule has 0 unspecified atom stereocenters. The Balaban J connectivity index is 2.88. The molecular weight excluding hydrogens is 182 g/mol. The topological polar surface area (TPSA) is 97.6 Å². The number of hydrazine groups is 1. The maximum atomic E-state index is 10.9. The Labute approximate surface area is 81.2 Å². The van der Waals surface area contributed by atoms with E-state index >= 15 is 0 Å². The molecule has 1 aromatic heterocycles. The standard InChI is InChI=1S/C8H11N5O/c1-6(14)7-2-3-8(11-4-7)13(10)5-12-9/h2-5H,9-10H2,1H3/b12-5-. The molecule has 0 amide bonds. The highest BCUT2D eigenvalue weighted by molar-refractivity contribution is 5.94. The minimum absolute atomic E-state index is 0.0416. The van der Waals surface area contributed by atoms with Crippen molar-refractivity contribution in [2.24, 2.45) is 16.8 Å². The zero-order valence-electron chi connectivity index (χ0n) is 7.71. The summed E-state index contributed by atoms with van der Waals surface area (Å²) in [6, 6.07) is 3.24. The van der Waals surface area contributed by atoms with Crippen molar-refractivity contribution in [2.45, 2.75) is 6.92 Å². The van der Waals surface area contributed by atoms with Gasteiger partial charge in [-0.2, -0.15) is 5.10 Å². The number of nitrogens with two attached hydrogens (primary N) is 2. The fourth-order valence-corrected chi connectivity index (χ4v) is 0.878. The molecule has 0 fully saturated rings. The van der Waals surface area contributed by atoms with E-state index in [2.05, 4.69) is 10.1 Å². The SMILES string of the molecule is CC(=O)c1ccc(N(N)/C=N\N)nc1. The fraction of sp³-hybridized carbons (Fsp3) is 0.125. The number of nitrogens with zero attached hydrogens (tertiary/aromatic N) is 3. The third-order valence-electron chi connectivity index (χ3n) is 1.61. The summed E-state index contributed by atoms with van der Waals surface area (Å²) < 4.78 is 0. The van der Waals surface area contributed by atoms with Gasteiger partial charge in [0, 0.05) is 11.8 Å². The molecule has 6 heteroatoms. The van der Waals surface area contributed by atoms with E-state index in [9.17, 15) is 4.79 Å². The molecule has 0 saturated heterocycles. The monoisotopic (exact) mass is 193 g/mol. The van der Waals surface area contributed by atoms with E-state index in [0.29, 0.717) is 11.4 Å². The molecule has 6 nitrogen and oxygen atoms in total. The van der Waals surface area contributed by atoms with E-state index in [1.165, 1.54) is 19.5 Å². The second kappa shape index (κ2) is 4.33. The van der Waals surface area contributed by atoms with Crippen LogP contribution in [0.1, 0.15) is 17.3 Å². The highest BCUT2D eigenvalue weighted by atomic mass is 16.1. The van der Waals surface area contributed by atoms with E-state index in [0.717, 1.165) is 5.01 Å². The molecule has 0 aliphatic rings. The third-order valence-corrected chi connectivity index (χ3v) is 1.61. The number of Topliss-reactive ketones (excluding diaryl/α,β-unsaturated/α-hetero) is 1. The van der Waals surface area contributed by atoms with Gasteiger partial charge in [0.25, 0.3) is 0 Å². The zero-order valence-corrected chi connectivity index (χ0v) is 7.71. The van der Waals surface area contributed by atoms with Gasteiger partial charge < -0.3 is 5.84 Å². The molecule has 1 rings (SSSR count). The van der Waals surface area contributed by atoms with Gasteiger partial charge in [-0.15, -0.1) is 0 Å². The second-order valence-corrected chi connectivity index (χ2v) is 2.63. The smallest absolute Gasteiger partial charge is 0.161 e. The predicted molar refractivity (Wildman–Crippen MR) is 53.6 cm³/mol. The molecule has 14 heavy (non-hydrogen) atoms. The van der Waals surface area contributed by atoms with Crippen molar-refractivity contribution in [3.8, 4) is 0 Å². The van der Waals surface area contributed by atoms with Crippen LogP contribution in [0.3, 0.4) is 0 Å². The number of hydrogen-bond acceptors (Lipinski definition) is 5. The Bertz CT molecular complexity index is 345. The molecule has 1 aromatic rings. The number of ketones is 1. The van der Waals surface area contributed by atoms with Crippen molar-refractivity contribution in [1.29, 1.82) is 0 Å². The highest BCUT2D eigenvalue weighted by Crippen LogP contribution is 2.07. The molecule has 1 heterocycles. The summed E-state index contributed by atoms with van der Waals surface area (Å²) in [7, 11) is 0. The van der Waals surface area contributed by atoms with Gasteiger partial charge in [0.2, 0.25) is 0 Å². The molecule has 0 bridgehead atoms. The summed E-state index contributed by atoms with van der Waals surface area (Å²) in [4.78, 5) is 14.9. The Hall–Kier alpha value is -1.95. The van der Waals surface area contributed by atoms with Crippen LogP contribution in [0.15, 0.2) is 23.4 Å². The van der Waals surface area contributed by atoms with Crippen LogP contribution < -0.4 is 16.7 Å². The number of aromatic nitrogens is 1. The van der Waals surface area contributed by atoms with Crippen LogP contribution in [0.5, 0.6) is 0 Å². The number of anilines is 1. The van der Waals surface area contributed by atoms with Crippen LogP contribution in [-0.2, 0) is 0 Å². The van der Waals surface area contributed by atoms with Gasteiger partial charge in [-0.1, -0.05) is 0 Å². The Kier molecular flexibility index (Phi) is 3.14. The number of hydrazone groups is 1. The Morgan fingerprint density at radius 1 is 1.64 bits per heavy atom. The van der Waals surface area contributed by atoms with Crippen molar-refractivity contribution in [3.05, 3.63) is 23.9 Å². The molecule has 0 spiro atoms. The molecular formula is C8H11N5O. The Morgan fingerprint density at radius 2 is 2.36 bits per heavy atom. The largest absolute Gasteiger partial charge is 0.322 e. The number of pyridine rings is 1. The van der Waals surface area contributed by atoms with Gasteiger partial charge in [-0.05, 0) is 19.1 Å². The summed E-state index contributed by atoms with van der Waals surface area (Å²) >= 11 is 0. The number of carbonyl (C=O) groups is 1. The van der Waals surface area contributed by atoms with Crippen LogP contribution in [0.25, 0.3) is 0 Å². The summed E-state index contributed by atoms with van der Waals surface area (Å²) in [5.74, 6) is 10.8. The van der Waals surface area contributed by atoms with E-state index in [-0.39, 0.29) is 5.78 Å². The van der Waals surface area contributed by atoms with Crippen LogP contribution in [-0.4, -0.2) is 17.1 Å². The molecule has 4 N–H and O–H groups in total. The van der Waals surface area contributed by atoms with Gasteiger partial charge in [-0.3, -0.25) is 4.79 Å². The maximum Gasteiger partial charge on any atom is 0.161 e. The predicted octanol–water partition coefficient (Wildman–Crippen LogP) is -0.134. The number of rotatable bonds is 3. The van der Waals surface area contributed by atoms with E-state index in [4.69, 9.17) is 11.7 Å². The molecule has 74 valence electrons. The normalized spacial score (nSPS) is 10.4. The van der Waals surface area contributed by atoms with E-state index < -0.39 is 0 Å². The van der Waals surface area contributed by atoms with E-state index in [1.807, 2.05) is 0 Å². The van der Waals surface area contributed by atoms with Crippen molar-refractivity contribution < 1.29 is 4.79 Å². The van der Waals surface area contributed by atoms with Crippen molar-refractivity contribution in [1.82, 2.24) is 4.98 Å². The van der Waals surface area contributed by atoms with Crippen LogP contribution in [0, 0.1) is 0 Å². The average molecular weight is 193 g/mol. The van der Waals surface area contributed by atoms with Gasteiger partial charge >= 0.3 is 0 Å². The fourth-order valence-electron chi connectivity index (χ4n) is 0.878. The molecule has 0 radical (unpaired) electrons. The van der Waals surface area contributed by atoms with Crippen LogP contribution in [0.4, 0.5) is 5.82 Å². The molecule has 0 aromatic carbocycles. The number of carbonyl (C=O) groups excluding carboxylic acids is 1. The van der Waals surface area contributed by atoms with Crippen molar-refractivity contribution in [3.63, 3.8) is 0 Å². The van der Waals surface area contributed by atoms with Crippen LogP contribution in [0.2, 0.25) is 0 Å². The number of hydrogen-bond donors (Lipinski definition) is 2. The van der Waals surface area contributed by atoms with Gasteiger partial charge in [0.05, 0.1) is 0 Å². The van der Waals surface area contributed by atoms with Gasteiger partial charge in [0.15, 0.2) is 5.78 Å². The van der Waals surface area contributed by atoms with E-state index in [1.54, 1.807) is 12.1 Å². The lowest BCUT2D eigenvalue weighted by Gasteiger charge is -2.10. The lowest BCUT2D eigenvalue weighted by molar-refractivity contribution is 0.101. The third kappa shape index (κ3) is 2.27. The zero-order chi connectivity index (χ0) is 10.6. The maximum absolute atomic E-state index is 10.9. The van der Waals surface area contributed by atoms with Crippen LogP contribution >= 0.6 is 0 Å². The Morgan fingerprint density at radius 3 is 2.79 bits per heavy atom. The molecule has 0 aliphatic heterocycles. The summed E-state index contributed by atoms with van der Waals surface area (Å²) in [5, 5.41) is 4.40. The molecule has 0 saturated carbocycles. The van der Waals surface area contributed by atoms with Crippen molar-refractivity contribution in [2.75, 3.05) is 5.01 Å². The highest BCUT2D eigenvalue weighted by Gasteiger charge is 2.02. The summed E-state index contributed by atoms with van der Waals surface area (Å²) in [6.07, 6.45) is 2.66. The average Bonchev–Trinajstić information content (AvgIpc) is 2.18. The first kappa shape index (κ1) is 10.1. The summed E-state index contributed by atoms with van der Waals surface area (Å²) in [6.45, 7) is 1.47. The minimum Gasteiger partial charge on any atom is -0.322 e. The quantitative estimate of drug-likeness (QED) is 0.229. The lowest BCUT2D eigenvalue weighted by Crippen LogP contribution is -2.30. The first-order valence-electron chi connectivity index (χ1n) is 3.89. The van der Waals surface area contributed by atoms with Gasteiger partial charge in [0.1, 0.15) is 12.2 Å².